The summed E-state index contributed by atoms with van der Waals surface area (Å²) >= 11 is 0. The number of amides is 1. The second kappa shape index (κ2) is 12.2. The molecule has 3 heteroatoms. The number of benzene rings is 1. The van der Waals surface area contributed by atoms with Gasteiger partial charge in [0.05, 0.1) is 6.04 Å². The molecule has 1 aromatic rings. The number of hydrogen-bond donors (Lipinski definition) is 1. The van der Waals surface area contributed by atoms with Crippen LogP contribution in [0.4, 0.5) is 0 Å². The Hall–Kier alpha value is -1.35. The van der Waals surface area contributed by atoms with Crippen molar-refractivity contribution in [2.24, 2.45) is 0 Å². The Bertz CT molecular complexity index is 392. The number of carbonyl (C=O) groups excluding carboxylic acids is 1. The molecule has 1 N–H and O–H groups in total. The second-order valence-electron chi connectivity index (χ2n) is 5.87. The van der Waals surface area contributed by atoms with E-state index in [9.17, 15) is 4.79 Å². The van der Waals surface area contributed by atoms with Crippen LogP contribution in [0, 0.1) is 0 Å². The van der Waals surface area contributed by atoms with Crippen molar-refractivity contribution in [1.82, 2.24) is 5.32 Å². The van der Waals surface area contributed by atoms with Gasteiger partial charge in [0.25, 0.3) is 0 Å². The molecule has 0 unspecified atom stereocenters. The molecule has 1 aromatic carbocycles. The average molecular weight is 305 g/mol. The summed E-state index contributed by atoms with van der Waals surface area (Å²) in [6.45, 7) is 5.06. The van der Waals surface area contributed by atoms with Crippen molar-refractivity contribution in [3.05, 3.63) is 35.9 Å². The van der Waals surface area contributed by atoms with Crippen LogP contribution in [0.2, 0.25) is 0 Å². The van der Waals surface area contributed by atoms with Crippen LogP contribution < -0.4 is 5.32 Å². The third-order valence-corrected chi connectivity index (χ3v) is 3.80. The molecule has 0 saturated carbocycles. The molecule has 0 aromatic heterocycles. The second-order valence-corrected chi connectivity index (χ2v) is 5.87. The zero-order valence-electron chi connectivity index (χ0n) is 14.1. The lowest BCUT2D eigenvalue weighted by Crippen LogP contribution is -2.30. The van der Waals surface area contributed by atoms with E-state index in [1.165, 1.54) is 38.5 Å². The molecule has 1 amide bonds. The molecular weight excluding hydrogens is 274 g/mol. The monoisotopic (exact) mass is 305 g/mol. The zero-order valence-corrected chi connectivity index (χ0v) is 14.1. The lowest BCUT2D eigenvalue weighted by Gasteiger charge is -2.14. The van der Waals surface area contributed by atoms with Gasteiger partial charge in [-0.1, -0.05) is 75.8 Å². The third-order valence-electron chi connectivity index (χ3n) is 3.80. The van der Waals surface area contributed by atoms with Crippen molar-refractivity contribution in [3.63, 3.8) is 0 Å². The van der Waals surface area contributed by atoms with Gasteiger partial charge in [-0.15, -0.1) is 0 Å². The molecule has 0 heterocycles. The first-order valence-electron chi connectivity index (χ1n) is 8.66. The molecule has 1 atom stereocenters. The molecule has 0 aliphatic heterocycles. The van der Waals surface area contributed by atoms with Gasteiger partial charge < -0.3 is 10.1 Å². The average Bonchev–Trinajstić information content (AvgIpc) is 2.54. The molecule has 0 aliphatic carbocycles. The van der Waals surface area contributed by atoms with E-state index in [1.807, 2.05) is 37.3 Å². The largest absolute Gasteiger partial charge is 0.372 e. The van der Waals surface area contributed by atoms with Crippen molar-refractivity contribution in [1.29, 1.82) is 0 Å². The van der Waals surface area contributed by atoms with Gasteiger partial charge in [-0.2, -0.15) is 0 Å². The minimum atomic E-state index is -0.0423. The van der Waals surface area contributed by atoms with Crippen LogP contribution in [0.15, 0.2) is 30.3 Å². The lowest BCUT2D eigenvalue weighted by atomic mass is 10.1. The fourth-order valence-electron chi connectivity index (χ4n) is 2.43. The summed E-state index contributed by atoms with van der Waals surface area (Å²) in [4.78, 5) is 11.8. The van der Waals surface area contributed by atoms with Crippen LogP contribution in [0.25, 0.3) is 0 Å². The van der Waals surface area contributed by atoms with Gasteiger partial charge in [0.2, 0.25) is 5.91 Å². The molecule has 0 radical (unpaired) electrons. The van der Waals surface area contributed by atoms with E-state index in [2.05, 4.69) is 12.2 Å². The van der Waals surface area contributed by atoms with Gasteiger partial charge in [-0.25, -0.2) is 0 Å². The molecule has 124 valence electrons. The summed E-state index contributed by atoms with van der Waals surface area (Å²) in [5, 5.41) is 2.96. The van der Waals surface area contributed by atoms with Crippen LogP contribution in [0.1, 0.15) is 70.4 Å². The Kier molecular flexibility index (Phi) is 10.4. The van der Waals surface area contributed by atoms with Crippen LogP contribution in [-0.4, -0.2) is 19.1 Å². The molecule has 3 nitrogen and oxygen atoms in total. The number of rotatable bonds is 12. The quantitative estimate of drug-likeness (QED) is 0.572. The van der Waals surface area contributed by atoms with Gasteiger partial charge in [-0.3, -0.25) is 4.79 Å². The maximum atomic E-state index is 11.8. The molecule has 22 heavy (non-hydrogen) atoms. The van der Waals surface area contributed by atoms with Crippen molar-refractivity contribution >= 4 is 5.91 Å². The minimum absolute atomic E-state index is 0.0239. The van der Waals surface area contributed by atoms with Gasteiger partial charge in [0.1, 0.15) is 6.61 Å². The molecule has 0 saturated heterocycles. The fraction of sp³-hybridized carbons (Fsp3) is 0.632. The topological polar surface area (TPSA) is 38.3 Å². The fourth-order valence-corrected chi connectivity index (χ4v) is 2.43. The van der Waals surface area contributed by atoms with Crippen molar-refractivity contribution in [2.75, 3.05) is 13.2 Å². The maximum Gasteiger partial charge on any atom is 0.246 e. The molecule has 0 bridgehead atoms. The smallest absolute Gasteiger partial charge is 0.246 e. The lowest BCUT2D eigenvalue weighted by molar-refractivity contribution is -0.126. The third kappa shape index (κ3) is 8.83. The van der Waals surface area contributed by atoms with Crippen molar-refractivity contribution in [3.8, 4) is 0 Å². The number of unbranched alkanes of at least 4 members (excludes halogenated alkanes) is 6. The minimum Gasteiger partial charge on any atom is -0.372 e. The SMILES string of the molecule is CCCCCCCCCOCC(=O)N[C@@H](C)c1ccccc1. The van der Waals surface area contributed by atoms with Crippen molar-refractivity contribution < 1.29 is 9.53 Å². The Morgan fingerprint density at radius 1 is 1.05 bits per heavy atom. The molecule has 0 fully saturated rings. The zero-order chi connectivity index (χ0) is 16.0. The van der Waals surface area contributed by atoms with E-state index in [0.29, 0.717) is 6.61 Å². The standard InChI is InChI=1S/C19H31NO2/c1-3-4-5-6-7-8-12-15-22-16-19(21)20-17(2)18-13-10-9-11-14-18/h9-11,13-14,17H,3-8,12,15-16H2,1-2H3,(H,20,21)/t17-/m0/s1. The highest BCUT2D eigenvalue weighted by Crippen LogP contribution is 2.10. The Balaban J connectivity index is 2.00. The first-order valence-corrected chi connectivity index (χ1v) is 8.66. The summed E-state index contributed by atoms with van der Waals surface area (Å²) in [6.07, 6.45) is 8.83. The van der Waals surface area contributed by atoms with Crippen LogP contribution >= 0.6 is 0 Å². The normalized spacial score (nSPS) is 12.1. The van der Waals surface area contributed by atoms with E-state index in [0.717, 1.165) is 12.0 Å². The molecular formula is C19H31NO2. The van der Waals surface area contributed by atoms with Gasteiger partial charge in [0.15, 0.2) is 0 Å². The van der Waals surface area contributed by atoms with Gasteiger partial charge in [0, 0.05) is 6.61 Å². The van der Waals surface area contributed by atoms with E-state index in [1.54, 1.807) is 0 Å². The van der Waals surface area contributed by atoms with Gasteiger partial charge in [-0.05, 0) is 18.9 Å². The summed E-state index contributed by atoms with van der Waals surface area (Å²) in [5.74, 6) is -0.0423. The van der Waals surface area contributed by atoms with Crippen molar-refractivity contribution in [2.45, 2.75) is 64.8 Å². The van der Waals surface area contributed by atoms with E-state index >= 15 is 0 Å². The Morgan fingerprint density at radius 3 is 2.36 bits per heavy atom. The summed E-state index contributed by atoms with van der Waals surface area (Å²) in [7, 11) is 0. The maximum absolute atomic E-state index is 11.8. The Morgan fingerprint density at radius 2 is 1.68 bits per heavy atom. The molecule has 0 aliphatic rings. The van der Waals surface area contributed by atoms with Crippen LogP contribution in [-0.2, 0) is 9.53 Å². The van der Waals surface area contributed by atoms with E-state index < -0.39 is 0 Å². The highest BCUT2D eigenvalue weighted by molar-refractivity contribution is 5.77. The first-order chi connectivity index (χ1) is 10.7. The summed E-state index contributed by atoms with van der Waals surface area (Å²) < 4.78 is 5.45. The molecule has 0 spiro atoms. The van der Waals surface area contributed by atoms with E-state index in [-0.39, 0.29) is 18.6 Å². The number of carbonyl (C=O) groups is 1. The summed E-state index contributed by atoms with van der Waals surface area (Å²) in [6, 6.07) is 10.00. The highest BCUT2D eigenvalue weighted by atomic mass is 16.5. The van der Waals surface area contributed by atoms with Crippen LogP contribution in [0.5, 0.6) is 0 Å². The number of ether oxygens (including phenoxy) is 1. The van der Waals surface area contributed by atoms with Gasteiger partial charge >= 0.3 is 0 Å². The summed E-state index contributed by atoms with van der Waals surface area (Å²) in [5.41, 5.74) is 1.11. The predicted molar refractivity (Wildman–Crippen MR) is 91.8 cm³/mol. The molecule has 1 rings (SSSR count). The first kappa shape index (κ1) is 18.7. The number of hydrogen-bond acceptors (Lipinski definition) is 2. The van der Waals surface area contributed by atoms with Crippen LogP contribution in [0.3, 0.4) is 0 Å². The Labute approximate surface area is 135 Å². The number of nitrogens with one attached hydrogen (secondary N) is 1. The predicted octanol–water partition coefficient (Wildman–Crippen LogP) is 4.63. The van der Waals surface area contributed by atoms with E-state index in [4.69, 9.17) is 4.74 Å². The highest BCUT2D eigenvalue weighted by Gasteiger charge is 2.08.